The Bertz CT molecular complexity index is 489. The van der Waals surface area contributed by atoms with Crippen LogP contribution < -0.4 is 0 Å². The van der Waals surface area contributed by atoms with E-state index < -0.39 is 0 Å². The van der Waals surface area contributed by atoms with Crippen LogP contribution in [-0.2, 0) is 0 Å². The molecule has 0 bridgehead atoms. The number of pyridine rings is 1. The Kier molecular flexibility index (Phi) is 2.27. The van der Waals surface area contributed by atoms with Crippen LogP contribution in [0.2, 0.25) is 0 Å². The van der Waals surface area contributed by atoms with Gasteiger partial charge < -0.3 is 0 Å². The van der Waals surface area contributed by atoms with Crippen LogP contribution in [0.1, 0.15) is 5.56 Å². The number of fused-ring (bicyclic) bond motifs is 1. The smallest absolute Gasteiger partial charge is 0.123 e. The molecule has 2 heteroatoms. The summed E-state index contributed by atoms with van der Waals surface area (Å²) >= 11 is 0. The second-order valence-electron chi connectivity index (χ2n) is 3.01. The minimum Gasteiger partial charge on any atom is -0.256 e. The van der Waals surface area contributed by atoms with Crippen molar-refractivity contribution < 1.29 is 4.39 Å². The molecule has 0 saturated carbocycles. The van der Waals surface area contributed by atoms with Gasteiger partial charge in [-0.25, -0.2) is 4.39 Å². The molecule has 0 aliphatic rings. The third-order valence-corrected chi connectivity index (χ3v) is 1.97. The quantitative estimate of drug-likeness (QED) is 0.666. The van der Waals surface area contributed by atoms with Crippen LogP contribution >= 0.6 is 0 Å². The van der Waals surface area contributed by atoms with Crippen molar-refractivity contribution in [2.45, 2.75) is 0 Å². The fraction of sp³-hybridized carbons (Fsp3) is 0. The molecule has 0 fully saturated rings. The van der Waals surface area contributed by atoms with Gasteiger partial charge in [-0.3, -0.25) is 4.98 Å². The highest BCUT2D eigenvalue weighted by atomic mass is 19.1. The Morgan fingerprint density at radius 2 is 2.14 bits per heavy atom. The summed E-state index contributed by atoms with van der Waals surface area (Å²) in [5.74, 6) is -0.241. The van der Waals surface area contributed by atoms with Gasteiger partial charge in [0.15, 0.2) is 0 Å². The van der Waals surface area contributed by atoms with Gasteiger partial charge in [0, 0.05) is 11.6 Å². The largest absolute Gasteiger partial charge is 0.256 e. The first-order valence-electron chi connectivity index (χ1n) is 4.31. The van der Waals surface area contributed by atoms with Gasteiger partial charge in [-0.1, -0.05) is 12.2 Å². The molecule has 1 radical (unpaired) electrons. The molecular formula is C12H9FN. The summed E-state index contributed by atoms with van der Waals surface area (Å²) in [4.78, 5) is 4.20. The predicted octanol–water partition coefficient (Wildman–Crippen LogP) is 3.22. The van der Waals surface area contributed by atoms with Crippen molar-refractivity contribution in [2.24, 2.45) is 0 Å². The van der Waals surface area contributed by atoms with Crippen LogP contribution in [0.4, 0.5) is 4.39 Å². The first-order valence-corrected chi connectivity index (χ1v) is 4.31. The Balaban J connectivity index is 2.63. The normalized spacial score (nSPS) is 11.3. The number of rotatable bonds is 1. The molecule has 1 aromatic carbocycles. The van der Waals surface area contributed by atoms with E-state index in [0.717, 1.165) is 16.5 Å². The molecule has 2 rings (SSSR count). The first kappa shape index (κ1) is 8.88. The lowest BCUT2D eigenvalue weighted by atomic mass is 10.1. The van der Waals surface area contributed by atoms with Crippen LogP contribution in [0, 0.1) is 12.7 Å². The zero-order chi connectivity index (χ0) is 9.97. The SMILES string of the molecule is [CH2]C=Cc1cnc2ccc(F)cc2c1. The summed E-state index contributed by atoms with van der Waals surface area (Å²) in [6.45, 7) is 3.60. The number of halogens is 1. The molecule has 1 aromatic heterocycles. The highest BCUT2D eigenvalue weighted by Gasteiger charge is 1.97. The minimum absolute atomic E-state index is 0.241. The third-order valence-electron chi connectivity index (χ3n) is 1.97. The summed E-state index contributed by atoms with van der Waals surface area (Å²) in [7, 11) is 0. The van der Waals surface area contributed by atoms with Crippen LogP contribution in [-0.4, -0.2) is 4.98 Å². The van der Waals surface area contributed by atoms with E-state index in [0.29, 0.717) is 0 Å². The fourth-order valence-corrected chi connectivity index (χ4v) is 1.35. The lowest BCUT2D eigenvalue weighted by Gasteiger charge is -1.98. The molecule has 69 valence electrons. The standard InChI is InChI=1S/C12H9FN/c1-2-3-9-6-10-7-11(13)4-5-12(10)14-8-9/h2-8H,1H2. The summed E-state index contributed by atoms with van der Waals surface area (Å²) in [5.41, 5.74) is 1.73. The summed E-state index contributed by atoms with van der Waals surface area (Å²) in [5, 5.41) is 0.806. The zero-order valence-electron chi connectivity index (χ0n) is 7.57. The minimum atomic E-state index is -0.241. The molecule has 14 heavy (non-hydrogen) atoms. The molecule has 0 spiro atoms. The number of allylic oxidation sites excluding steroid dienone is 1. The summed E-state index contributed by atoms with van der Waals surface area (Å²) < 4.78 is 12.9. The summed E-state index contributed by atoms with van der Waals surface area (Å²) in [6.07, 6.45) is 5.25. The van der Waals surface area contributed by atoms with Crippen molar-refractivity contribution in [3.63, 3.8) is 0 Å². The van der Waals surface area contributed by atoms with Crippen molar-refractivity contribution in [3.05, 3.63) is 54.8 Å². The van der Waals surface area contributed by atoms with Gasteiger partial charge in [0.1, 0.15) is 5.82 Å². The number of nitrogens with zero attached hydrogens (tertiary/aromatic N) is 1. The maximum atomic E-state index is 12.9. The maximum absolute atomic E-state index is 12.9. The second kappa shape index (κ2) is 3.58. The maximum Gasteiger partial charge on any atom is 0.123 e. The average molecular weight is 186 g/mol. The first-order chi connectivity index (χ1) is 6.79. The second-order valence-corrected chi connectivity index (χ2v) is 3.01. The lowest BCUT2D eigenvalue weighted by molar-refractivity contribution is 0.629. The van der Waals surface area contributed by atoms with E-state index in [1.54, 1.807) is 18.3 Å². The van der Waals surface area contributed by atoms with Crippen LogP contribution in [0.5, 0.6) is 0 Å². The molecule has 0 aliphatic heterocycles. The van der Waals surface area contributed by atoms with Crippen molar-refractivity contribution in [1.82, 2.24) is 4.98 Å². The monoisotopic (exact) mass is 186 g/mol. The van der Waals surface area contributed by atoms with Gasteiger partial charge in [0.25, 0.3) is 0 Å². The number of hydrogen-bond donors (Lipinski definition) is 0. The van der Waals surface area contributed by atoms with E-state index in [1.807, 2.05) is 12.1 Å². The van der Waals surface area contributed by atoms with E-state index in [9.17, 15) is 4.39 Å². The van der Waals surface area contributed by atoms with Gasteiger partial charge >= 0.3 is 0 Å². The Hall–Kier alpha value is -1.70. The van der Waals surface area contributed by atoms with Crippen LogP contribution in [0.25, 0.3) is 17.0 Å². The van der Waals surface area contributed by atoms with Crippen molar-refractivity contribution in [3.8, 4) is 0 Å². The predicted molar refractivity (Wildman–Crippen MR) is 56.1 cm³/mol. The van der Waals surface area contributed by atoms with E-state index >= 15 is 0 Å². The van der Waals surface area contributed by atoms with Crippen molar-refractivity contribution in [2.75, 3.05) is 0 Å². The number of aromatic nitrogens is 1. The van der Waals surface area contributed by atoms with Crippen molar-refractivity contribution >= 4 is 17.0 Å². The fourth-order valence-electron chi connectivity index (χ4n) is 1.35. The summed E-state index contributed by atoms with van der Waals surface area (Å²) in [6, 6.07) is 6.43. The third kappa shape index (κ3) is 1.64. The molecule has 0 atom stereocenters. The van der Waals surface area contributed by atoms with E-state index in [4.69, 9.17) is 0 Å². The number of hydrogen-bond acceptors (Lipinski definition) is 1. The van der Waals surface area contributed by atoms with Gasteiger partial charge in [0.05, 0.1) is 5.52 Å². The molecule has 0 N–H and O–H groups in total. The number of benzene rings is 1. The van der Waals surface area contributed by atoms with E-state index in [2.05, 4.69) is 11.9 Å². The van der Waals surface area contributed by atoms with E-state index in [1.165, 1.54) is 12.1 Å². The topological polar surface area (TPSA) is 12.9 Å². The molecule has 2 aromatic rings. The Morgan fingerprint density at radius 3 is 2.93 bits per heavy atom. The lowest BCUT2D eigenvalue weighted by Crippen LogP contribution is -1.82. The van der Waals surface area contributed by atoms with E-state index in [-0.39, 0.29) is 5.82 Å². The zero-order valence-corrected chi connectivity index (χ0v) is 7.57. The van der Waals surface area contributed by atoms with Gasteiger partial charge in [-0.2, -0.15) is 0 Å². The molecule has 1 heterocycles. The van der Waals surface area contributed by atoms with Crippen molar-refractivity contribution in [1.29, 1.82) is 0 Å². The average Bonchev–Trinajstić information content (AvgIpc) is 2.17. The molecule has 0 unspecified atom stereocenters. The highest BCUT2D eigenvalue weighted by molar-refractivity contribution is 5.80. The van der Waals surface area contributed by atoms with Gasteiger partial charge in [-0.05, 0) is 36.8 Å². The molecule has 1 nitrogen and oxygen atoms in total. The molecule has 0 aliphatic carbocycles. The van der Waals surface area contributed by atoms with Gasteiger partial charge in [-0.15, -0.1) is 0 Å². The molecular weight excluding hydrogens is 177 g/mol. The Morgan fingerprint density at radius 1 is 1.29 bits per heavy atom. The molecule has 0 saturated heterocycles. The Labute approximate surface area is 81.9 Å². The van der Waals surface area contributed by atoms with Crippen LogP contribution in [0.15, 0.2) is 36.5 Å². The molecule has 0 amide bonds. The van der Waals surface area contributed by atoms with Crippen LogP contribution in [0.3, 0.4) is 0 Å². The highest BCUT2D eigenvalue weighted by Crippen LogP contribution is 2.15. The van der Waals surface area contributed by atoms with Gasteiger partial charge in [0.2, 0.25) is 0 Å².